The molecule has 2 aromatic rings. The zero-order valence-corrected chi connectivity index (χ0v) is 16.7. The van der Waals surface area contributed by atoms with Crippen molar-refractivity contribution < 1.29 is 46.1 Å². The van der Waals surface area contributed by atoms with Gasteiger partial charge in [-0.25, -0.2) is 14.2 Å². The minimum atomic E-state index is -5.08. The van der Waals surface area contributed by atoms with Gasteiger partial charge < -0.3 is 23.9 Å². The summed E-state index contributed by atoms with van der Waals surface area (Å²) >= 11 is 0. The zero-order chi connectivity index (χ0) is 23.4. The van der Waals surface area contributed by atoms with E-state index in [2.05, 4.69) is 4.98 Å². The topological polar surface area (TPSA) is 102 Å². The van der Waals surface area contributed by atoms with Gasteiger partial charge in [-0.1, -0.05) is 0 Å². The fraction of sp³-hybridized carbons (Fsp3) is 0.450. The largest absolute Gasteiger partial charge is 0.490 e. The quantitative estimate of drug-likeness (QED) is 0.685. The number of nitrogens with zero attached hydrogens (tertiary/aromatic N) is 2. The summed E-state index contributed by atoms with van der Waals surface area (Å²) in [5.74, 6) is -2.43. The number of alkyl halides is 3. The van der Waals surface area contributed by atoms with E-state index in [1.54, 1.807) is 23.3 Å². The Morgan fingerprint density at radius 1 is 1.28 bits per heavy atom. The molecule has 1 N–H and O–H groups in total. The summed E-state index contributed by atoms with van der Waals surface area (Å²) in [6.07, 6.45) is -0.944. The van der Waals surface area contributed by atoms with E-state index in [9.17, 15) is 22.4 Å². The first kappa shape index (κ1) is 23.5. The summed E-state index contributed by atoms with van der Waals surface area (Å²) in [6, 6.07) is 6.40. The van der Waals surface area contributed by atoms with E-state index >= 15 is 0 Å². The van der Waals surface area contributed by atoms with Crippen LogP contribution in [0.2, 0.25) is 0 Å². The molecule has 1 atom stereocenters. The van der Waals surface area contributed by atoms with E-state index in [0.717, 1.165) is 6.42 Å². The molecule has 0 aromatic carbocycles. The number of pyridine rings is 1. The lowest BCUT2D eigenvalue weighted by Gasteiger charge is -2.50. The first-order valence-electron chi connectivity index (χ1n) is 9.58. The number of amides is 1. The van der Waals surface area contributed by atoms with Crippen molar-refractivity contribution in [3.63, 3.8) is 0 Å². The van der Waals surface area contributed by atoms with Gasteiger partial charge in [0.1, 0.15) is 11.4 Å². The predicted molar refractivity (Wildman–Crippen MR) is 99.2 cm³/mol. The van der Waals surface area contributed by atoms with Crippen molar-refractivity contribution >= 4 is 11.9 Å². The van der Waals surface area contributed by atoms with Gasteiger partial charge in [0.15, 0.2) is 5.82 Å². The Hall–Kier alpha value is -3.15. The summed E-state index contributed by atoms with van der Waals surface area (Å²) < 4.78 is 62.0. The highest BCUT2D eigenvalue weighted by molar-refractivity contribution is 5.79. The molecular weight excluding hydrogens is 440 g/mol. The van der Waals surface area contributed by atoms with E-state index in [0.29, 0.717) is 32.1 Å². The molecule has 1 spiro atoms. The maximum Gasteiger partial charge on any atom is 0.490 e. The van der Waals surface area contributed by atoms with E-state index in [1.807, 2.05) is 0 Å². The molecule has 4 rings (SSSR count). The van der Waals surface area contributed by atoms with Crippen LogP contribution in [0.15, 0.2) is 41.1 Å². The summed E-state index contributed by atoms with van der Waals surface area (Å²) in [5, 5.41) is 7.12. The van der Waals surface area contributed by atoms with Gasteiger partial charge in [-0.3, -0.25) is 4.79 Å². The van der Waals surface area contributed by atoms with Crippen molar-refractivity contribution in [2.75, 3.05) is 26.3 Å². The smallest absolute Gasteiger partial charge is 0.475 e. The van der Waals surface area contributed by atoms with Crippen molar-refractivity contribution in [3.05, 3.63) is 48.3 Å². The Kier molecular flexibility index (Phi) is 7.02. The number of aromatic nitrogens is 1. The first-order valence-corrected chi connectivity index (χ1v) is 9.58. The van der Waals surface area contributed by atoms with E-state index < -0.39 is 18.0 Å². The molecule has 0 bridgehead atoms. The minimum Gasteiger partial charge on any atom is -0.475 e. The molecule has 2 aromatic heterocycles. The van der Waals surface area contributed by atoms with Crippen LogP contribution in [0.25, 0.3) is 0 Å². The number of carboxylic acids is 1. The lowest BCUT2D eigenvalue weighted by Crippen LogP contribution is -2.67. The van der Waals surface area contributed by atoms with Crippen molar-refractivity contribution in [1.82, 2.24) is 9.88 Å². The first-order chi connectivity index (χ1) is 15.1. The maximum atomic E-state index is 13.6. The number of carbonyl (C=O) groups excluding carboxylic acids is 1. The number of rotatable bonds is 5. The molecule has 0 radical (unpaired) electrons. The van der Waals surface area contributed by atoms with E-state index in [-0.39, 0.29) is 29.7 Å². The minimum absolute atomic E-state index is 0.00891. The molecular formula is C20H20F4N2O6. The molecule has 2 aliphatic rings. The highest BCUT2D eigenvalue weighted by Crippen LogP contribution is 2.40. The molecule has 1 unspecified atom stereocenters. The Morgan fingerprint density at radius 2 is 2.00 bits per heavy atom. The average molecular weight is 460 g/mol. The number of carboxylic acid groups (broad SMARTS) is 1. The Balaban J connectivity index is 0.000000360. The number of hydrogen-bond donors (Lipinski definition) is 1. The summed E-state index contributed by atoms with van der Waals surface area (Å²) in [7, 11) is 0. The second kappa shape index (κ2) is 9.55. The van der Waals surface area contributed by atoms with Crippen LogP contribution < -0.4 is 4.74 Å². The SMILES string of the molecule is O=C(Cc1ccco1)N1CC2(C1)OCCC2COc1ncccc1F.O=C(O)C(F)(F)F. The van der Waals surface area contributed by atoms with E-state index in [4.69, 9.17) is 23.8 Å². The third-order valence-electron chi connectivity index (χ3n) is 5.16. The van der Waals surface area contributed by atoms with Gasteiger partial charge in [0, 0.05) is 18.7 Å². The molecule has 32 heavy (non-hydrogen) atoms. The van der Waals surface area contributed by atoms with Gasteiger partial charge >= 0.3 is 12.1 Å². The van der Waals surface area contributed by atoms with Crippen molar-refractivity contribution in [3.8, 4) is 5.88 Å². The van der Waals surface area contributed by atoms with Crippen LogP contribution in [0, 0.1) is 11.7 Å². The maximum absolute atomic E-state index is 13.6. The fourth-order valence-corrected chi connectivity index (χ4v) is 3.48. The van der Waals surface area contributed by atoms with Gasteiger partial charge in [0.05, 0.1) is 32.4 Å². The van der Waals surface area contributed by atoms with Crippen LogP contribution >= 0.6 is 0 Å². The van der Waals surface area contributed by atoms with Gasteiger partial charge in [0.25, 0.3) is 0 Å². The van der Waals surface area contributed by atoms with Crippen LogP contribution in [-0.4, -0.2) is 64.9 Å². The second-order valence-electron chi connectivity index (χ2n) is 7.31. The lowest BCUT2D eigenvalue weighted by atomic mass is 9.81. The number of aliphatic carboxylic acids is 1. The number of furan rings is 1. The number of likely N-dealkylation sites (tertiary alicyclic amines) is 1. The van der Waals surface area contributed by atoms with Crippen LogP contribution in [0.1, 0.15) is 12.2 Å². The zero-order valence-electron chi connectivity index (χ0n) is 16.7. The molecule has 4 heterocycles. The van der Waals surface area contributed by atoms with Crippen LogP contribution in [-0.2, 0) is 20.7 Å². The second-order valence-corrected chi connectivity index (χ2v) is 7.31. The molecule has 1 amide bonds. The molecule has 2 saturated heterocycles. The molecule has 12 heteroatoms. The van der Waals surface area contributed by atoms with Crippen LogP contribution in [0.5, 0.6) is 5.88 Å². The predicted octanol–water partition coefficient (Wildman–Crippen LogP) is 2.69. The third-order valence-corrected chi connectivity index (χ3v) is 5.16. The number of ether oxygens (including phenoxy) is 2. The average Bonchev–Trinajstić information content (AvgIpc) is 3.35. The highest BCUT2D eigenvalue weighted by atomic mass is 19.4. The highest BCUT2D eigenvalue weighted by Gasteiger charge is 2.54. The van der Waals surface area contributed by atoms with Crippen molar-refractivity contribution in [1.29, 1.82) is 0 Å². The Bertz CT molecular complexity index is 928. The molecule has 0 aliphatic carbocycles. The lowest BCUT2D eigenvalue weighted by molar-refractivity contribution is -0.192. The van der Waals surface area contributed by atoms with Crippen molar-refractivity contribution in [2.45, 2.75) is 24.6 Å². The Labute approximate surface area is 179 Å². The van der Waals surface area contributed by atoms with Gasteiger partial charge in [-0.15, -0.1) is 0 Å². The van der Waals surface area contributed by atoms with E-state index in [1.165, 1.54) is 18.3 Å². The van der Waals surface area contributed by atoms with Gasteiger partial charge in [-0.05, 0) is 30.7 Å². The Morgan fingerprint density at radius 3 is 2.59 bits per heavy atom. The number of hydrogen-bond acceptors (Lipinski definition) is 6. The standard InChI is InChI=1S/C18H19FN2O4.C2HF3O2/c19-15-4-1-6-20-17(15)24-10-13-5-8-25-18(13)11-21(12-18)16(22)9-14-3-2-7-23-14;3-2(4,5)1(6)7/h1-4,6-7,13H,5,8-12H2;(H,6,7). The molecule has 2 fully saturated rings. The molecule has 2 aliphatic heterocycles. The van der Waals surface area contributed by atoms with Crippen molar-refractivity contribution in [2.24, 2.45) is 5.92 Å². The molecule has 8 nitrogen and oxygen atoms in total. The van der Waals surface area contributed by atoms with Gasteiger partial charge in [0.2, 0.25) is 11.8 Å². The van der Waals surface area contributed by atoms with Crippen LogP contribution in [0.4, 0.5) is 17.6 Å². The number of halogens is 4. The van der Waals surface area contributed by atoms with Crippen LogP contribution in [0.3, 0.4) is 0 Å². The summed E-state index contributed by atoms with van der Waals surface area (Å²) in [6.45, 7) is 2.02. The summed E-state index contributed by atoms with van der Waals surface area (Å²) in [4.78, 5) is 26.8. The fourth-order valence-electron chi connectivity index (χ4n) is 3.48. The monoisotopic (exact) mass is 460 g/mol. The normalized spacial score (nSPS) is 19.1. The molecule has 0 saturated carbocycles. The third kappa shape index (κ3) is 5.55. The van der Waals surface area contributed by atoms with Gasteiger partial charge in [-0.2, -0.15) is 13.2 Å². The number of carbonyl (C=O) groups is 2. The summed E-state index contributed by atoms with van der Waals surface area (Å²) in [5.41, 5.74) is -0.385. The molecule has 174 valence electrons.